The summed E-state index contributed by atoms with van der Waals surface area (Å²) in [6.07, 6.45) is 16.0. The highest BCUT2D eigenvalue weighted by Gasteiger charge is 2.21. The minimum absolute atomic E-state index is 0.566. The van der Waals surface area contributed by atoms with Crippen molar-refractivity contribution >= 4 is 0 Å². The number of halogens is 3. The lowest BCUT2D eigenvalue weighted by molar-refractivity contribution is 0.250. The van der Waals surface area contributed by atoms with Gasteiger partial charge in [-0.15, -0.1) is 0 Å². The zero-order chi connectivity index (χ0) is 17.4. The van der Waals surface area contributed by atoms with Crippen LogP contribution in [-0.4, -0.2) is 0 Å². The first-order valence-corrected chi connectivity index (χ1v) is 9.38. The molecule has 3 heteroatoms. The summed E-state index contributed by atoms with van der Waals surface area (Å²) < 4.78 is 39.4. The van der Waals surface area contributed by atoms with Crippen LogP contribution >= 0.6 is 0 Å². The summed E-state index contributed by atoms with van der Waals surface area (Å²) >= 11 is 0. The van der Waals surface area contributed by atoms with Crippen LogP contribution in [0, 0.1) is 29.3 Å². The molecule has 0 saturated heterocycles. The zero-order valence-corrected chi connectivity index (χ0v) is 14.7. The summed E-state index contributed by atoms with van der Waals surface area (Å²) in [7, 11) is 0. The van der Waals surface area contributed by atoms with E-state index in [1.165, 1.54) is 44.9 Å². The van der Waals surface area contributed by atoms with Crippen LogP contribution in [-0.2, 0) is 6.42 Å². The van der Waals surface area contributed by atoms with Gasteiger partial charge in [-0.05, 0) is 61.6 Å². The summed E-state index contributed by atoms with van der Waals surface area (Å²) in [6.45, 7) is 2.16. The lowest BCUT2D eigenvalue weighted by Crippen LogP contribution is -2.15. The number of allylic oxidation sites excluding steroid dienone is 2. The average Bonchev–Trinajstić information content (AvgIpc) is 2.58. The molecule has 1 aliphatic rings. The fourth-order valence-corrected chi connectivity index (χ4v) is 3.74. The van der Waals surface area contributed by atoms with Gasteiger partial charge >= 0.3 is 0 Å². The molecule has 0 amide bonds. The van der Waals surface area contributed by atoms with Crippen LogP contribution in [0.3, 0.4) is 0 Å². The maximum atomic E-state index is 13.2. The van der Waals surface area contributed by atoms with Crippen LogP contribution in [0.4, 0.5) is 13.2 Å². The van der Waals surface area contributed by atoms with Crippen molar-refractivity contribution in [2.45, 2.75) is 71.1 Å². The largest absolute Gasteiger partial charge is 0.204 e. The highest BCUT2D eigenvalue weighted by molar-refractivity contribution is 5.19. The number of hydrogen-bond acceptors (Lipinski definition) is 0. The predicted molar refractivity (Wildman–Crippen MR) is 93.4 cm³/mol. The molecule has 0 nitrogen and oxygen atoms in total. The summed E-state index contributed by atoms with van der Waals surface area (Å²) in [5.74, 6) is -2.04. The number of hydrogen-bond donors (Lipinski definition) is 0. The van der Waals surface area contributed by atoms with Gasteiger partial charge in [-0.1, -0.05) is 51.2 Å². The quantitative estimate of drug-likeness (QED) is 0.272. The molecule has 0 unspecified atom stereocenters. The number of unbranched alkanes of at least 4 members (excludes halogenated alkanes) is 1. The van der Waals surface area contributed by atoms with E-state index in [4.69, 9.17) is 0 Å². The Morgan fingerprint density at radius 3 is 2.08 bits per heavy atom. The number of aryl methyl sites for hydroxylation is 1. The highest BCUT2D eigenvalue weighted by atomic mass is 19.2. The lowest BCUT2D eigenvalue weighted by atomic mass is 9.78. The maximum absolute atomic E-state index is 13.2. The maximum Gasteiger partial charge on any atom is 0.194 e. The van der Waals surface area contributed by atoms with Gasteiger partial charge in [0.15, 0.2) is 17.5 Å². The first kappa shape index (κ1) is 19.1. The second-order valence-corrected chi connectivity index (χ2v) is 7.11. The molecule has 1 aromatic rings. The van der Waals surface area contributed by atoms with Crippen molar-refractivity contribution in [3.05, 3.63) is 47.3 Å². The third kappa shape index (κ3) is 5.99. The molecule has 0 N–H and O–H groups in total. The summed E-state index contributed by atoms with van der Waals surface area (Å²) in [4.78, 5) is 0. The van der Waals surface area contributed by atoms with Gasteiger partial charge in [0.05, 0.1) is 0 Å². The molecular weight excluding hydrogens is 309 g/mol. The van der Waals surface area contributed by atoms with Gasteiger partial charge in [0, 0.05) is 0 Å². The SMILES string of the molecule is CC/C=C/CCCC1CCC(CCc2cc(F)c(F)c(F)c2)CC1. The standard InChI is InChI=1S/C21H29F3/c1-2-3-4-5-6-7-16-8-10-17(11-9-16)12-13-18-14-19(22)21(24)20(23)15-18/h3-4,14-17H,2,5-13H2,1H3/b4-3+. The highest BCUT2D eigenvalue weighted by Crippen LogP contribution is 2.34. The van der Waals surface area contributed by atoms with Crippen LogP contribution in [0.1, 0.15) is 70.3 Å². The third-order valence-corrected chi connectivity index (χ3v) is 5.24. The van der Waals surface area contributed by atoms with Crippen LogP contribution in [0.2, 0.25) is 0 Å². The van der Waals surface area contributed by atoms with Gasteiger partial charge in [0.2, 0.25) is 0 Å². The number of rotatable bonds is 8. The Balaban J connectivity index is 1.67. The van der Waals surface area contributed by atoms with Gasteiger partial charge in [0.1, 0.15) is 0 Å². The van der Waals surface area contributed by atoms with E-state index in [2.05, 4.69) is 19.1 Å². The molecule has 0 aliphatic heterocycles. The molecule has 0 heterocycles. The van der Waals surface area contributed by atoms with Gasteiger partial charge in [-0.3, -0.25) is 0 Å². The fraction of sp³-hybridized carbons (Fsp3) is 0.619. The van der Waals surface area contributed by atoms with Crippen LogP contribution in [0.15, 0.2) is 24.3 Å². The van der Waals surface area contributed by atoms with E-state index in [0.717, 1.165) is 30.9 Å². The van der Waals surface area contributed by atoms with Gasteiger partial charge in [-0.25, -0.2) is 13.2 Å². The van der Waals surface area contributed by atoms with Crippen molar-refractivity contribution in [2.24, 2.45) is 11.8 Å². The lowest BCUT2D eigenvalue weighted by Gasteiger charge is -2.28. The van der Waals surface area contributed by atoms with E-state index in [1.54, 1.807) is 0 Å². The van der Waals surface area contributed by atoms with Crippen LogP contribution in [0.5, 0.6) is 0 Å². The molecule has 0 radical (unpaired) electrons. The van der Waals surface area contributed by atoms with E-state index < -0.39 is 17.5 Å². The van der Waals surface area contributed by atoms with E-state index in [0.29, 0.717) is 17.9 Å². The summed E-state index contributed by atoms with van der Waals surface area (Å²) in [6, 6.07) is 2.27. The molecule has 0 bridgehead atoms. The van der Waals surface area contributed by atoms with Crippen molar-refractivity contribution < 1.29 is 13.2 Å². The number of benzene rings is 1. The Labute approximate surface area is 144 Å². The van der Waals surface area contributed by atoms with E-state index in [-0.39, 0.29) is 0 Å². The van der Waals surface area contributed by atoms with Gasteiger partial charge < -0.3 is 0 Å². The topological polar surface area (TPSA) is 0 Å². The fourth-order valence-electron chi connectivity index (χ4n) is 3.74. The van der Waals surface area contributed by atoms with Crippen molar-refractivity contribution in [3.8, 4) is 0 Å². The van der Waals surface area contributed by atoms with E-state index >= 15 is 0 Å². The van der Waals surface area contributed by atoms with Crippen molar-refractivity contribution in [3.63, 3.8) is 0 Å². The first-order chi connectivity index (χ1) is 11.6. The second-order valence-electron chi connectivity index (χ2n) is 7.11. The molecule has 1 aromatic carbocycles. The second kappa shape index (κ2) is 9.90. The Kier molecular flexibility index (Phi) is 7.87. The molecule has 0 atom stereocenters. The molecule has 0 spiro atoms. The molecule has 0 aromatic heterocycles. The zero-order valence-electron chi connectivity index (χ0n) is 14.7. The smallest absolute Gasteiger partial charge is 0.194 e. The van der Waals surface area contributed by atoms with E-state index in [9.17, 15) is 13.2 Å². The third-order valence-electron chi connectivity index (χ3n) is 5.24. The van der Waals surface area contributed by atoms with Crippen molar-refractivity contribution in [2.75, 3.05) is 0 Å². The molecule has 1 fully saturated rings. The van der Waals surface area contributed by atoms with Crippen LogP contribution < -0.4 is 0 Å². The normalized spacial score (nSPS) is 21.5. The van der Waals surface area contributed by atoms with Crippen molar-refractivity contribution in [1.29, 1.82) is 0 Å². The molecule has 1 saturated carbocycles. The first-order valence-electron chi connectivity index (χ1n) is 9.38. The Morgan fingerprint density at radius 1 is 0.917 bits per heavy atom. The summed E-state index contributed by atoms with van der Waals surface area (Å²) in [5, 5.41) is 0. The molecule has 2 rings (SSSR count). The molecular formula is C21H29F3. The Hall–Kier alpha value is -1.25. The predicted octanol–water partition coefficient (Wildman–Crippen LogP) is 6.98. The minimum Gasteiger partial charge on any atom is -0.204 e. The minimum atomic E-state index is -1.37. The molecule has 1 aliphatic carbocycles. The molecule has 134 valence electrons. The Bertz CT molecular complexity index is 505. The van der Waals surface area contributed by atoms with Crippen molar-refractivity contribution in [1.82, 2.24) is 0 Å². The van der Waals surface area contributed by atoms with Gasteiger partial charge in [-0.2, -0.15) is 0 Å². The van der Waals surface area contributed by atoms with Crippen LogP contribution in [0.25, 0.3) is 0 Å². The Morgan fingerprint density at radius 2 is 1.50 bits per heavy atom. The average molecular weight is 338 g/mol. The monoisotopic (exact) mass is 338 g/mol. The van der Waals surface area contributed by atoms with E-state index in [1.807, 2.05) is 0 Å². The molecule has 24 heavy (non-hydrogen) atoms. The van der Waals surface area contributed by atoms with Gasteiger partial charge in [0.25, 0.3) is 0 Å². The summed E-state index contributed by atoms with van der Waals surface area (Å²) in [5.41, 5.74) is 0.566.